The summed E-state index contributed by atoms with van der Waals surface area (Å²) in [7, 11) is 0. The molecule has 0 saturated heterocycles. The van der Waals surface area contributed by atoms with Gasteiger partial charge in [0.05, 0.1) is 0 Å². The summed E-state index contributed by atoms with van der Waals surface area (Å²) in [6.07, 6.45) is 0. The van der Waals surface area contributed by atoms with E-state index < -0.39 is 0 Å². The number of benzene rings is 1. The van der Waals surface area contributed by atoms with Crippen LogP contribution in [0.5, 0.6) is 0 Å². The maximum Gasteiger partial charge on any atom is 0.0488 e. The van der Waals surface area contributed by atoms with Gasteiger partial charge in [-0.3, -0.25) is 0 Å². The van der Waals surface area contributed by atoms with Gasteiger partial charge in [0.15, 0.2) is 0 Å². The van der Waals surface area contributed by atoms with E-state index in [0.717, 1.165) is 6.54 Å². The largest absolute Gasteiger partial charge is 0.344 e. The van der Waals surface area contributed by atoms with E-state index in [1.165, 1.54) is 27.7 Å². The van der Waals surface area contributed by atoms with Gasteiger partial charge in [0.25, 0.3) is 0 Å². The van der Waals surface area contributed by atoms with Crippen LogP contribution in [0.15, 0.2) is 18.2 Å². The summed E-state index contributed by atoms with van der Waals surface area (Å²) in [6, 6.07) is 6.72. The van der Waals surface area contributed by atoms with Crippen molar-refractivity contribution in [3.8, 4) is 0 Å². The third kappa shape index (κ3) is 1.65. The SMILES string of the molecule is Cc1cc(C)c2cc(C)n(CCN)c2c1. The number of hydrogen-bond acceptors (Lipinski definition) is 1. The van der Waals surface area contributed by atoms with Crippen molar-refractivity contribution in [2.24, 2.45) is 5.73 Å². The molecule has 0 unspecified atom stereocenters. The molecule has 1 aromatic heterocycles. The van der Waals surface area contributed by atoms with Crippen LogP contribution in [0.2, 0.25) is 0 Å². The Kier molecular flexibility index (Phi) is 2.53. The fraction of sp³-hybridized carbons (Fsp3) is 0.385. The summed E-state index contributed by atoms with van der Waals surface area (Å²) in [5.41, 5.74) is 10.9. The van der Waals surface area contributed by atoms with Gasteiger partial charge in [-0.15, -0.1) is 0 Å². The van der Waals surface area contributed by atoms with Crippen molar-refractivity contribution < 1.29 is 0 Å². The lowest BCUT2D eigenvalue weighted by Crippen LogP contribution is -2.10. The Labute approximate surface area is 90.7 Å². The number of aryl methyl sites for hydroxylation is 3. The molecule has 0 spiro atoms. The molecule has 0 bridgehead atoms. The second-order valence-electron chi connectivity index (χ2n) is 4.24. The molecule has 2 heteroatoms. The van der Waals surface area contributed by atoms with Gasteiger partial charge in [-0.1, -0.05) is 6.07 Å². The third-order valence-corrected chi connectivity index (χ3v) is 2.93. The molecule has 1 heterocycles. The molecule has 2 nitrogen and oxygen atoms in total. The van der Waals surface area contributed by atoms with Crippen LogP contribution in [0.1, 0.15) is 16.8 Å². The van der Waals surface area contributed by atoms with E-state index >= 15 is 0 Å². The summed E-state index contributed by atoms with van der Waals surface area (Å²) in [5.74, 6) is 0. The predicted octanol–water partition coefficient (Wildman–Crippen LogP) is 2.53. The van der Waals surface area contributed by atoms with Gasteiger partial charge in [0, 0.05) is 29.7 Å². The van der Waals surface area contributed by atoms with Crippen molar-refractivity contribution in [3.05, 3.63) is 35.0 Å². The summed E-state index contributed by atoms with van der Waals surface area (Å²) in [4.78, 5) is 0. The third-order valence-electron chi connectivity index (χ3n) is 2.93. The average molecular weight is 202 g/mol. The first-order valence-electron chi connectivity index (χ1n) is 5.40. The van der Waals surface area contributed by atoms with Crippen LogP contribution in [-0.4, -0.2) is 11.1 Å². The zero-order valence-corrected chi connectivity index (χ0v) is 9.67. The van der Waals surface area contributed by atoms with Crippen molar-refractivity contribution in [2.45, 2.75) is 27.3 Å². The smallest absolute Gasteiger partial charge is 0.0488 e. The predicted molar refractivity (Wildman–Crippen MR) is 65.2 cm³/mol. The highest BCUT2D eigenvalue weighted by Crippen LogP contribution is 2.24. The van der Waals surface area contributed by atoms with E-state index in [0.29, 0.717) is 6.54 Å². The molecule has 0 saturated carbocycles. The van der Waals surface area contributed by atoms with Crippen molar-refractivity contribution in [3.63, 3.8) is 0 Å². The standard InChI is InChI=1S/C13H18N2/c1-9-6-10(2)12-8-11(3)15(5-4-14)13(12)7-9/h6-8H,4-5,14H2,1-3H3. The fourth-order valence-corrected chi connectivity index (χ4v) is 2.27. The van der Waals surface area contributed by atoms with Crippen LogP contribution in [0.3, 0.4) is 0 Å². The van der Waals surface area contributed by atoms with Gasteiger partial charge in [0.2, 0.25) is 0 Å². The second-order valence-corrected chi connectivity index (χ2v) is 4.24. The highest BCUT2D eigenvalue weighted by molar-refractivity contribution is 5.85. The highest BCUT2D eigenvalue weighted by atomic mass is 15.0. The maximum absolute atomic E-state index is 5.63. The van der Waals surface area contributed by atoms with Crippen molar-refractivity contribution in [1.82, 2.24) is 4.57 Å². The zero-order valence-electron chi connectivity index (χ0n) is 9.67. The molecule has 0 aliphatic heterocycles. The molecule has 0 aliphatic rings. The molecular formula is C13H18N2. The highest BCUT2D eigenvalue weighted by Gasteiger charge is 2.07. The van der Waals surface area contributed by atoms with Crippen LogP contribution in [-0.2, 0) is 6.54 Å². The van der Waals surface area contributed by atoms with E-state index in [2.05, 4.69) is 43.5 Å². The van der Waals surface area contributed by atoms with E-state index in [4.69, 9.17) is 5.73 Å². The molecule has 2 N–H and O–H groups in total. The number of fused-ring (bicyclic) bond motifs is 1. The van der Waals surface area contributed by atoms with Gasteiger partial charge < -0.3 is 10.3 Å². The molecule has 2 aromatic rings. The molecule has 80 valence electrons. The Morgan fingerprint density at radius 3 is 2.53 bits per heavy atom. The van der Waals surface area contributed by atoms with Crippen molar-refractivity contribution in [1.29, 1.82) is 0 Å². The number of aromatic nitrogens is 1. The Balaban J connectivity index is 2.74. The van der Waals surface area contributed by atoms with E-state index in [1.807, 2.05) is 0 Å². The van der Waals surface area contributed by atoms with E-state index in [-0.39, 0.29) is 0 Å². The first kappa shape index (κ1) is 10.2. The number of nitrogens with two attached hydrogens (primary N) is 1. The molecule has 15 heavy (non-hydrogen) atoms. The molecule has 0 atom stereocenters. The van der Waals surface area contributed by atoms with Crippen LogP contribution < -0.4 is 5.73 Å². The van der Waals surface area contributed by atoms with Crippen molar-refractivity contribution >= 4 is 10.9 Å². The van der Waals surface area contributed by atoms with Crippen molar-refractivity contribution in [2.75, 3.05) is 6.54 Å². The van der Waals surface area contributed by atoms with Crippen LogP contribution in [0.25, 0.3) is 10.9 Å². The minimum Gasteiger partial charge on any atom is -0.344 e. The summed E-state index contributed by atoms with van der Waals surface area (Å²) < 4.78 is 2.30. The molecule has 1 aromatic carbocycles. The Morgan fingerprint density at radius 1 is 1.13 bits per heavy atom. The Morgan fingerprint density at radius 2 is 1.87 bits per heavy atom. The topological polar surface area (TPSA) is 30.9 Å². The molecular weight excluding hydrogens is 184 g/mol. The first-order chi connectivity index (χ1) is 7.13. The lowest BCUT2D eigenvalue weighted by atomic mass is 10.1. The second kappa shape index (κ2) is 3.70. The van der Waals surface area contributed by atoms with Gasteiger partial charge in [-0.05, 0) is 44.0 Å². The zero-order chi connectivity index (χ0) is 11.0. The molecule has 0 aliphatic carbocycles. The van der Waals surface area contributed by atoms with Gasteiger partial charge in [0.1, 0.15) is 0 Å². The van der Waals surface area contributed by atoms with Gasteiger partial charge >= 0.3 is 0 Å². The Hall–Kier alpha value is -1.28. The molecule has 0 fully saturated rings. The maximum atomic E-state index is 5.63. The fourth-order valence-electron chi connectivity index (χ4n) is 2.27. The average Bonchev–Trinajstić information content (AvgIpc) is 2.46. The molecule has 0 radical (unpaired) electrons. The van der Waals surface area contributed by atoms with E-state index in [1.54, 1.807) is 0 Å². The molecule has 2 rings (SSSR count). The van der Waals surface area contributed by atoms with Gasteiger partial charge in [-0.25, -0.2) is 0 Å². The summed E-state index contributed by atoms with van der Waals surface area (Å²) in [6.45, 7) is 8.05. The number of hydrogen-bond donors (Lipinski definition) is 1. The lowest BCUT2D eigenvalue weighted by molar-refractivity contribution is 0.715. The molecule has 0 amide bonds. The van der Waals surface area contributed by atoms with Crippen LogP contribution >= 0.6 is 0 Å². The summed E-state index contributed by atoms with van der Waals surface area (Å²) >= 11 is 0. The summed E-state index contributed by atoms with van der Waals surface area (Å²) in [5, 5.41) is 1.35. The minimum atomic E-state index is 0.692. The van der Waals surface area contributed by atoms with Gasteiger partial charge in [-0.2, -0.15) is 0 Å². The Bertz CT molecular complexity index is 495. The van der Waals surface area contributed by atoms with Crippen LogP contribution in [0, 0.1) is 20.8 Å². The minimum absolute atomic E-state index is 0.692. The first-order valence-corrected chi connectivity index (χ1v) is 5.40. The lowest BCUT2D eigenvalue weighted by Gasteiger charge is -2.07. The normalized spacial score (nSPS) is 11.2. The quantitative estimate of drug-likeness (QED) is 0.797. The van der Waals surface area contributed by atoms with Crippen LogP contribution in [0.4, 0.5) is 0 Å². The van der Waals surface area contributed by atoms with E-state index in [9.17, 15) is 0 Å². The number of nitrogens with zero attached hydrogens (tertiary/aromatic N) is 1. The monoisotopic (exact) mass is 202 g/mol. The number of rotatable bonds is 2.